The standard InChI is InChI=1S/C16H24N2O3/c1-3-7-14(16(21)17-12(2)11-19)18-15(20)10-13-8-5-4-6-9-13/h4-6,8-9,12,14,19H,3,7,10-11H2,1-2H3,(H,17,21)(H,18,20). The molecule has 0 spiro atoms. The van der Waals surface area contributed by atoms with Crippen molar-refractivity contribution in [3.63, 3.8) is 0 Å². The van der Waals surface area contributed by atoms with Gasteiger partial charge in [0.2, 0.25) is 11.8 Å². The highest BCUT2D eigenvalue weighted by Crippen LogP contribution is 2.02. The Bertz CT molecular complexity index is 448. The first-order valence-electron chi connectivity index (χ1n) is 7.31. The number of hydrogen-bond acceptors (Lipinski definition) is 3. The molecule has 2 unspecified atom stereocenters. The van der Waals surface area contributed by atoms with Crippen molar-refractivity contribution in [2.24, 2.45) is 0 Å². The molecule has 0 aromatic heterocycles. The van der Waals surface area contributed by atoms with Crippen molar-refractivity contribution in [3.05, 3.63) is 35.9 Å². The highest BCUT2D eigenvalue weighted by atomic mass is 16.3. The number of nitrogens with one attached hydrogen (secondary N) is 2. The third kappa shape index (κ3) is 6.40. The van der Waals surface area contributed by atoms with E-state index in [1.165, 1.54) is 0 Å². The lowest BCUT2D eigenvalue weighted by molar-refractivity contribution is -0.129. The van der Waals surface area contributed by atoms with E-state index in [0.717, 1.165) is 12.0 Å². The van der Waals surface area contributed by atoms with Crippen LogP contribution in [0.3, 0.4) is 0 Å². The van der Waals surface area contributed by atoms with Crippen LogP contribution in [0.1, 0.15) is 32.3 Å². The second-order valence-electron chi connectivity index (χ2n) is 5.16. The molecule has 0 saturated carbocycles. The Morgan fingerprint density at radius 1 is 1.19 bits per heavy atom. The van der Waals surface area contributed by atoms with Crippen molar-refractivity contribution in [2.45, 2.75) is 45.2 Å². The molecule has 2 atom stereocenters. The summed E-state index contributed by atoms with van der Waals surface area (Å²) in [6.07, 6.45) is 1.62. The summed E-state index contributed by atoms with van der Waals surface area (Å²) in [7, 11) is 0. The van der Waals surface area contributed by atoms with Gasteiger partial charge >= 0.3 is 0 Å². The first-order chi connectivity index (χ1) is 10.1. The minimum absolute atomic E-state index is 0.122. The molecule has 3 N–H and O–H groups in total. The third-order valence-electron chi connectivity index (χ3n) is 3.10. The van der Waals surface area contributed by atoms with Crippen molar-refractivity contribution >= 4 is 11.8 Å². The Balaban J connectivity index is 2.56. The zero-order valence-corrected chi connectivity index (χ0v) is 12.6. The molecule has 1 aromatic rings. The van der Waals surface area contributed by atoms with Crippen LogP contribution in [0, 0.1) is 0 Å². The van der Waals surface area contributed by atoms with E-state index in [2.05, 4.69) is 10.6 Å². The van der Waals surface area contributed by atoms with Crippen LogP contribution in [0.4, 0.5) is 0 Å². The van der Waals surface area contributed by atoms with Crippen LogP contribution in [0.25, 0.3) is 0 Å². The second-order valence-corrected chi connectivity index (χ2v) is 5.16. The maximum atomic E-state index is 12.1. The maximum absolute atomic E-state index is 12.1. The van der Waals surface area contributed by atoms with E-state index in [0.29, 0.717) is 6.42 Å². The average Bonchev–Trinajstić information content (AvgIpc) is 2.47. The molecular formula is C16H24N2O3. The molecule has 0 saturated heterocycles. The summed E-state index contributed by atoms with van der Waals surface area (Å²) in [4.78, 5) is 24.1. The molecule has 0 bridgehead atoms. The lowest BCUT2D eigenvalue weighted by Crippen LogP contribution is -2.50. The molecule has 5 nitrogen and oxygen atoms in total. The van der Waals surface area contributed by atoms with E-state index < -0.39 is 6.04 Å². The third-order valence-corrected chi connectivity index (χ3v) is 3.10. The smallest absolute Gasteiger partial charge is 0.242 e. The number of aliphatic hydroxyl groups excluding tert-OH is 1. The van der Waals surface area contributed by atoms with Gasteiger partial charge in [-0.3, -0.25) is 9.59 Å². The quantitative estimate of drug-likeness (QED) is 0.669. The minimum atomic E-state index is -0.555. The number of rotatable bonds is 8. The molecular weight excluding hydrogens is 268 g/mol. The van der Waals surface area contributed by atoms with Crippen molar-refractivity contribution in [1.82, 2.24) is 10.6 Å². The normalized spacial score (nSPS) is 13.3. The van der Waals surface area contributed by atoms with Gasteiger partial charge in [-0.2, -0.15) is 0 Å². The zero-order valence-electron chi connectivity index (χ0n) is 12.6. The second kappa shape index (κ2) is 9.13. The van der Waals surface area contributed by atoms with Gasteiger partial charge in [-0.15, -0.1) is 0 Å². The van der Waals surface area contributed by atoms with Crippen LogP contribution in [0.5, 0.6) is 0 Å². The van der Waals surface area contributed by atoms with Crippen LogP contribution in [0.2, 0.25) is 0 Å². The number of aliphatic hydroxyl groups is 1. The van der Waals surface area contributed by atoms with Crippen molar-refractivity contribution in [3.8, 4) is 0 Å². The highest BCUT2D eigenvalue weighted by molar-refractivity contribution is 5.88. The molecule has 0 radical (unpaired) electrons. The maximum Gasteiger partial charge on any atom is 0.242 e. The molecule has 5 heteroatoms. The predicted molar refractivity (Wildman–Crippen MR) is 81.7 cm³/mol. The summed E-state index contributed by atoms with van der Waals surface area (Å²) in [5.41, 5.74) is 0.911. The van der Waals surface area contributed by atoms with Crippen molar-refractivity contribution < 1.29 is 14.7 Å². The molecule has 2 amide bonds. The number of amides is 2. The SMILES string of the molecule is CCCC(NC(=O)Cc1ccccc1)C(=O)NC(C)CO. The van der Waals surface area contributed by atoms with E-state index in [9.17, 15) is 9.59 Å². The number of carbonyl (C=O) groups excluding carboxylic acids is 2. The summed E-state index contributed by atoms with van der Waals surface area (Å²) in [5, 5.41) is 14.4. The van der Waals surface area contributed by atoms with Crippen LogP contribution in [0.15, 0.2) is 30.3 Å². The van der Waals surface area contributed by atoms with Gasteiger partial charge in [0, 0.05) is 6.04 Å². The zero-order chi connectivity index (χ0) is 15.7. The van der Waals surface area contributed by atoms with Crippen LogP contribution >= 0.6 is 0 Å². The first-order valence-corrected chi connectivity index (χ1v) is 7.31. The lowest BCUT2D eigenvalue weighted by atomic mass is 10.1. The van der Waals surface area contributed by atoms with Crippen molar-refractivity contribution in [1.29, 1.82) is 0 Å². The Morgan fingerprint density at radius 3 is 2.43 bits per heavy atom. The summed E-state index contributed by atoms with van der Waals surface area (Å²) in [5.74, 6) is -0.425. The fraction of sp³-hybridized carbons (Fsp3) is 0.500. The summed E-state index contributed by atoms with van der Waals surface area (Å²) >= 11 is 0. The molecule has 0 aliphatic heterocycles. The Labute approximate surface area is 125 Å². The molecule has 0 heterocycles. The van der Waals surface area contributed by atoms with Crippen LogP contribution in [-0.2, 0) is 16.0 Å². The predicted octanol–water partition coefficient (Wildman–Crippen LogP) is 1.01. The van der Waals surface area contributed by atoms with E-state index in [1.54, 1.807) is 6.92 Å². The summed E-state index contributed by atoms with van der Waals surface area (Å²) < 4.78 is 0. The molecule has 0 aliphatic carbocycles. The van der Waals surface area contributed by atoms with E-state index in [1.807, 2.05) is 37.3 Å². The molecule has 1 rings (SSSR count). The lowest BCUT2D eigenvalue weighted by Gasteiger charge is -2.20. The number of benzene rings is 1. The molecule has 116 valence electrons. The fourth-order valence-corrected chi connectivity index (χ4v) is 1.97. The van der Waals surface area contributed by atoms with Gasteiger partial charge in [0.25, 0.3) is 0 Å². The van der Waals surface area contributed by atoms with Crippen LogP contribution < -0.4 is 10.6 Å². The Kier molecular flexibility index (Phi) is 7.46. The van der Waals surface area contributed by atoms with Gasteiger partial charge in [-0.25, -0.2) is 0 Å². The van der Waals surface area contributed by atoms with E-state index in [4.69, 9.17) is 5.11 Å². The van der Waals surface area contributed by atoms with Gasteiger partial charge < -0.3 is 15.7 Å². The molecule has 0 aliphatic rings. The van der Waals surface area contributed by atoms with Gasteiger partial charge in [0.05, 0.1) is 13.0 Å². The van der Waals surface area contributed by atoms with E-state index >= 15 is 0 Å². The highest BCUT2D eigenvalue weighted by Gasteiger charge is 2.21. The van der Waals surface area contributed by atoms with Crippen LogP contribution in [-0.4, -0.2) is 35.6 Å². The van der Waals surface area contributed by atoms with Crippen molar-refractivity contribution in [2.75, 3.05) is 6.61 Å². The van der Waals surface area contributed by atoms with Gasteiger partial charge in [-0.05, 0) is 18.9 Å². The fourth-order valence-electron chi connectivity index (χ4n) is 1.97. The molecule has 0 fully saturated rings. The Morgan fingerprint density at radius 2 is 1.86 bits per heavy atom. The topological polar surface area (TPSA) is 78.4 Å². The minimum Gasteiger partial charge on any atom is -0.394 e. The first kappa shape index (κ1) is 17.2. The summed E-state index contributed by atoms with van der Waals surface area (Å²) in [6, 6.07) is 8.53. The number of hydrogen-bond donors (Lipinski definition) is 3. The Hall–Kier alpha value is -1.88. The average molecular weight is 292 g/mol. The van der Waals surface area contributed by atoms with Gasteiger partial charge in [0.15, 0.2) is 0 Å². The largest absolute Gasteiger partial charge is 0.394 e. The van der Waals surface area contributed by atoms with E-state index in [-0.39, 0.29) is 30.9 Å². The monoisotopic (exact) mass is 292 g/mol. The molecule has 21 heavy (non-hydrogen) atoms. The van der Waals surface area contributed by atoms with Gasteiger partial charge in [0.1, 0.15) is 6.04 Å². The summed E-state index contributed by atoms with van der Waals surface area (Å²) in [6.45, 7) is 3.55. The van der Waals surface area contributed by atoms with Gasteiger partial charge in [-0.1, -0.05) is 43.7 Å². The molecule has 1 aromatic carbocycles. The number of carbonyl (C=O) groups is 2.